The average Bonchev–Trinajstić information content (AvgIpc) is 2.38. The number of aliphatic hydroxyl groups is 4. The molecule has 108 valence electrons. The standard InChI is InChI=1S/C12H24O5S/c13-7-9-11(15)12(16)10(14)8(17-9)5-3-1-2-4-6-18/h8-16,18H,1-7H2/t8-,9?,10?,11+,12-/m1/s1. The van der Waals surface area contributed by atoms with E-state index in [0.717, 1.165) is 31.4 Å². The molecular formula is C12H24O5S. The van der Waals surface area contributed by atoms with Gasteiger partial charge in [0.1, 0.15) is 24.4 Å². The van der Waals surface area contributed by atoms with E-state index in [1.807, 2.05) is 0 Å². The van der Waals surface area contributed by atoms with Gasteiger partial charge in [-0.15, -0.1) is 0 Å². The van der Waals surface area contributed by atoms with Crippen LogP contribution in [0.25, 0.3) is 0 Å². The molecule has 0 aromatic carbocycles. The fraction of sp³-hybridized carbons (Fsp3) is 1.00. The fourth-order valence-corrected chi connectivity index (χ4v) is 2.45. The minimum atomic E-state index is -1.25. The van der Waals surface area contributed by atoms with Crippen molar-refractivity contribution < 1.29 is 25.2 Å². The molecule has 0 bridgehead atoms. The van der Waals surface area contributed by atoms with Crippen molar-refractivity contribution in [3.05, 3.63) is 0 Å². The molecule has 1 fully saturated rings. The van der Waals surface area contributed by atoms with Crippen molar-refractivity contribution in [2.24, 2.45) is 0 Å². The monoisotopic (exact) mass is 280 g/mol. The quantitative estimate of drug-likeness (QED) is 0.327. The minimum Gasteiger partial charge on any atom is -0.394 e. The first-order valence-corrected chi connectivity index (χ1v) is 7.16. The van der Waals surface area contributed by atoms with Crippen LogP contribution in [0.4, 0.5) is 0 Å². The Morgan fingerprint density at radius 3 is 2.06 bits per heavy atom. The summed E-state index contributed by atoms with van der Waals surface area (Å²) in [5.74, 6) is 0.875. The minimum absolute atomic E-state index is 0.360. The van der Waals surface area contributed by atoms with E-state index in [0.29, 0.717) is 6.42 Å². The molecule has 2 unspecified atom stereocenters. The first-order chi connectivity index (χ1) is 8.61. The smallest absolute Gasteiger partial charge is 0.111 e. The fourth-order valence-electron chi connectivity index (χ4n) is 2.23. The van der Waals surface area contributed by atoms with Gasteiger partial charge in [-0.2, -0.15) is 12.6 Å². The lowest BCUT2D eigenvalue weighted by molar-refractivity contribution is -0.230. The van der Waals surface area contributed by atoms with E-state index in [-0.39, 0.29) is 6.61 Å². The third kappa shape index (κ3) is 4.36. The zero-order chi connectivity index (χ0) is 13.5. The molecule has 1 saturated heterocycles. The second-order valence-corrected chi connectivity index (χ2v) is 5.24. The van der Waals surface area contributed by atoms with Gasteiger partial charge in [-0.05, 0) is 18.6 Å². The van der Waals surface area contributed by atoms with Crippen molar-refractivity contribution in [3.63, 3.8) is 0 Å². The molecule has 0 aromatic rings. The summed E-state index contributed by atoms with van der Waals surface area (Å²) in [5, 5.41) is 38.1. The number of unbranched alkanes of at least 4 members (excludes halogenated alkanes) is 3. The summed E-state index contributed by atoms with van der Waals surface area (Å²) in [6, 6.07) is 0. The average molecular weight is 280 g/mol. The van der Waals surface area contributed by atoms with Gasteiger partial charge in [-0.25, -0.2) is 0 Å². The normalized spacial score (nSPS) is 36.8. The van der Waals surface area contributed by atoms with Crippen molar-refractivity contribution in [1.29, 1.82) is 0 Å². The van der Waals surface area contributed by atoms with Gasteiger partial charge in [0.2, 0.25) is 0 Å². The lowest BCUT2D eigenvalue weighted by atomic mass is 9.92. The lowest BCUT2D eigenvalue weighted by Crippen LogP contribution is -2.58. The van der Waals surface area contributed by atoms with Crippen LogP contribution in [-0.2, 0) is 4.74 Å². The Morgan fingerprint density at radius 2 is 1.44 bits per heavy atom. The molecular weight excluding hydrogens is 256 g/mol. The summed E-state index contributed by atoms with van der Waals surface area (Å²) >= 11 is 4.13. The molecule has 0 saturated carbocycles. The predicted molar refractivity (Wildman–Crippen MR) is 70.7 cm³/mol. The van der Waals surface area contributed by atoms with E-state index in [2.05, 4.69) is 12.6 Å². The summed E-state index contributed by atoms with van der Waals surface area (Å²) in [5.41, 5.74) is 0. The van der Waals surface area contributed by atoms with Gasteiger partial charge in [0.15, 0.2) is 0 Å². The van der Waals surface area contributed by atoms with Crippen LogP contribution in [0.15, 0.2) is 0 Å². The van der Waals surface area contributed by atoms with Gasteiger partial charge < -0.3 is 25.2 Å². The van der Waals surface area contributed by atoms with Crippen molar-refractivity contribution >= 4 is 12.6 Å². The Labute approximate surface area is 113 Å². The van der Waals surface area contributed by atoms with Crippen LogP contribution in [0.3, 0.4) is 0 Å². The zero-order valence-corrected chi connectivity index (χ0v) is 11.4. The van der Waals surface area contributed by atoms with Crippen LogP contribution in [0.2, 0.25) is 0 Å². The molecule has 0 amide bonds. The van der Waals surface area contributed by atoms with Crippen LogP contribution in [-0.4, -0.2) is 63.3 Å². The molecule has 5 nitrogen and oxygen atoms in total. The molecule has 18 heavy (non-hydrogen) atoms. The van der Waals surface area contributed by atoms with Crippen molar-refractivity contribution in [2.75, 3.05) is 12.4 Å². The Hall–Kier alpha value is 0.150. The summed E-state index contributed by atoms with van der Waals surface area (Å²) in [6.07, 6.45) is -0.224. The van der Waals surface area contributed by atoms with E-state index in [1.165, 1.54) is 0 Å². The van der Waals surface area contributed by atoms with Gasteiger partial charge in [-0.3, -0.25) is 0 Å². The van der Waals surface area contributed by atoms with E-state index < -0.39 is 30.5 Å². The Morgan fingerprint density at radius 1 is 0.833 bits per heavy atom. The predicted octanol–water partition coefficient (Wildman–Crippen LogP) is -0.291. The molecule has 1 heterocycles. The van der Waals surface area contributed by atoms with Crippen molar-refractivity contribution in [3.8, 4) is 0 Å². The van der Waals surface area contributed by atoms with Crippen molar-refractivity contribution in [2.45, 2.75) is 62.6 Å². The Kier molecular flexibility index (Phi) is 7.51. The van der Waals surface area contributed by atoms with Crippen LogP contribution >= 0.6 is 12.6 Å². The van der Waals surface area contributed by atoms with Crippen LogP contribution in [0.5, 0.6) is 0 Å². The highest BCUT2D eigenvalue weighted by molar-refractivity contribution is 7.80. The molecule has 0 radical (unpaired) electrons. The second kappa shape index (κ2) is 8.35. The van der Waals surface area contributed by atoms with Crippen molar-refractivity contribution in [1.82, 2.24) is 0 Å². The molecule has 0 spiro atoms. The molecule has 6 heteroatoms. The molecule has 0 aromatic heterocycles. The third-order valence-corrected chi connectivity index (χ3v) is 3.70. The van der Waals surface area contributed by atoms with E-state index in [1.54, 1.807) is 0 Å². The van der Waals surface area contributed by atoms with Gasteiger partial charge in [0, 0.05) is 0 Å². The van der Waals surface area contributed by atoms with Gasteiger partial charge in [-0.1, -0.05) is 19.3 Å². The highest BCUT2D eigenvalue weighted by Gasteiger charge is 2.42. The maximum atomic E-state index is 9.80. The zero-order valence-electron chi connectivity index (χ0n) is 10.5. The summed E-state index contributed by atoms with van der Waals surface area (Å²) in [7, 11) is 0. The maximum absolute atomic E-state index is 9.80. The molecule has 1 aliphatic rings. The SMILES string of the molecule is OCC1O[C@H](CCCCCCS)C(O)[C@@H](O)[C@H]1O. The van der Waals surface area contributed by atoms with Crippen LogP contribution in [0.1, 0.15) is 32.1 Å². The molecule has 1 aliphatic heterocycles. The first kappa shape index (κ1) is 16.2. The summed E-state index contributed by atoms with van der Waals surface area (Å²) in [6.45, 7) is -0.360. The number of rotatable bonds is 7. The van der Waals surface area contributed by atoms with E-state index in [9.17, 15) is 15.3 Å². The maximum Gasteiger partial charge on any atom is 0.111 e. The Balaban J connectivity index is 2.35. The molecule has 4 N–H and O–H groups in total. The number of ether oxygens (including phenoxy) is 1. The van der Waals surface area contributed by atoms with Gasteiger partial charge in [0.05, 0.1) is 12.7 Å². The number of hydrogen-bond acceptors (Lipinski definition) is 6. The van der Waals surface area contributed by atoms with Gasteiger partial charge in [0.25, 0.3) is 0 Å². The molecule has 5 atom stereocenters. The molecule has 0 aliphatic carbocycles. The van der Waals surface area contributed by atoms with Crippen LogP contribution in [0, 0.1) is 0 Å². The molecule has 1 rings (SSSR count). The summed E-state index contributed by atoms with van der Waals surface area (Å²) in [4.78, 5) is 0. The highest BCUT2D eigenvalue weighted by atomic mass is 32.1. The van der Waals surface area contributed by atoms with E-state index in [4.69, 9.17) is 9.84 Å². The number of thiol groups is 1. The Bertz CT molecular complexity index is 227. The number of aliphatic hydroxyl groups excluding tert-OH is 4. The highest BCUT2D eigenvalue weighted by Crippen LogP contribution is 2.24. The topological polar surface area (TPSA) is 90.2 Å². The third-order valence-electron chi connectivity index (χ3n) is 3.39. The first-order valence-electron chi connectivity index (χ1n) is 6.53. The van der Waals surface area contributed by atoms with Gasteiger partial charge >= 0.3 is 0 Å². The van der Waals surface area contributed by atoms with Crippen LogP contribution < -0.4 is 0 Å². The van der Waals surface area contributed by atoms with E-state index >= 15 is 0 Å². The summed E-state index contributed by atoms with van der Waals surface area (Å²) < 4.78 is 5.41. The lowest BCUT2D eigenvalue weighted by Gasteiger charge is -2.40. The number of hydrogen-bond donors (Lipinski definition) is 5. The largest absolute Gasteiger partial charge is 0.394 e. The second-order valence-electron chi connectivity index (χ2n) is 4.79.